The number of thiol groups is 1. The van der Waals surface area contributed by atoms with Gasteiger partial charge in [0.1, 0.15) is 18.1 Å². The molecule has 0 aliphatic rings. The Kier molecular flexibility index (Phi) is 5.00. The van der Waals surface area contributed by atoms with Gasteiger partial charge < -0.3 is 9.47 Å². The van der Waals surface area contributed by atoms with Gasteiger partial charge in [0.25, 0.3) is 0 Å². The summed E-state index contributed by atoms with van der Waals surface area (Å²) in [6, 6.07) is 7.51. The van der Waals surface area contributed by atoms with E-state index in [1.165, 1.54) is 0 Å². The van der Waals surface area contributed by atoms with Gasteiger partial charge in [0.15, 0.2) is 0 Å². The number of ether oxygens (including phenoxy) is 2. The Hall–Kier alpha value is -1.09. The molecule has 0 saturated carbocycles. The van der Waals surface area contributed by atoms with E-state index in [1.54, 1.807) is 7.11 Å². The molecule has 1 aromatic carbocycles. The highest BCUT2D eigenvalue weighted by molar-refractivity contribution is 7.80. The third kappa shape index (κ3) is 3.75. The number of methoxy groups -OCH3 is 1. The van der Waals surface area contributed by atoms with Crippen LogP contribution in [0.25, 0.3) is 0 Å². The molecule has 0 saturated heterocycles. The first kappa shape index (κ1) is 11.0. The lowest BCUT2D eigenvalue weighted by atomic mass is 10.3. The summed E-state index contributed by atoms with van der Waals surface area (Å²) in [6.45, 7) is 0.576. The average Bonchev–Trinajstić information content (AvgIpc) is 2.25. The molecule has 1 aromatic rings. The van der Waals surface area contributed by atoms with Gasteiger partial charge in [-0.1, -0.05) is 12.2 Å². The van der Waals surface area contributed by atoms with Crippen molar-refractivity contribution in [3.63, 3.8) is 0 Å². The van der Waals surface area contributed by atoms with E-state index < -0.39 is 0 Å². The van der Waals surface area contributed by atoms with Gasteiger partial charge in [-0.25, -0.2) is 0 Å². The minimum atomic E-state index is 0.576. The highest BCUT2D eigenvalue weighted by Gasteiger charge is 1.92. The van der Waals surface area contributed by atoms with Gasteiger partial charge in [0.05, 0.1) is 7.11 Å². The van der Waals surface area contributed by atoms with Gasteiger partial charge in [0, 0.05) is 5.75 Å². The first-order valence-electron chi connectivity index (χ1n) is 4.39. The fourth-order valence-electron chi connectivity index (χ4n) is 0.959. The van der Waals surface area contributed by atoms with Gasteiger partial charge in [-0.15, -0.1) is 0 Å². The number of benzene rings is 1. The molecule has 0 aliphatic heterocycles. The van der Waals surface area contributed by atoms with Gasteiger partial charge in [-0.2, -0.15) is 12.6 Å². The minimum Gasteiger partial charge on any atom is -0.497 e. The molecule has 0 amide bonds. The second-order valence-electron chi connectivity index (χ2n) is 2.64. The van der Waals surface area contributed by atoms with E-state index in [0.29, 0.717) is 6.61 Å². The minimum absolute atomic E-state index is 0.576. The van der Waals surface area contributed by atoms with E-state index >= 15 is 0 Å². The zero-order valence-corrected chi connectivity index (χ0v) is 9.04. The largest absolute Gasteiger partial charge is 0.497 e. The second kappa shape index (κ2) is 6.38. The quantitative estimate of drug-likeness (QED) is 0.595. The topological polar surface area (TPSA) is 18.5 Å². The monoisotopic (exact) mass is 210 g/mol. The molecule has 0 atom stereocenters. The first-order valence-corrected chi connectivity index (χ1v) is 5.03. The lowest BCUT2D eigenvalue weighted by molar-refractivity contribution is 0.360. The summed E-state index contributed by atoms with van der Waals surface area (Å²) in [4.78, 5) is 0. The fourth-order valence-corrected chi connectivity index (χ4v) is 1.11. The van der Waals surface area contributed by atoms with Gasteiger partial charge in [-0.3, -0.25) is 0 Å². The molecule has 0 unspecified atom stereocenters. The summed E-state index contributed by atoms with van der Waals surface area (Å²) in [5, 5.41) is 0. The molecule has 0 spiro atoms. The van der Waals surface area contributed by atoms with Crippen LogP contribution in [-0.4, -0.2) is 19.5 Å². The molecule has 0 heterocycles. The predicted octanol–water partition coefficient (Wildman–Crippen LogP) is 2.56. The van der Waals surface area contributed by atoms with Crippen LogP contribution in [0, 0.1) is 0 Å². The van der Waals surface area contributed by atoms with Crippen molar-refractivity contribution in [2.45, 2.75) is 0 Å². The van der Waals surface area contributed by atoms with Gasteiger partial charge in [-0.05, 0) is 24.3 Å². The molecule has 0 N–H and O–H groups in total. The summed E-state index contributed by atoms with van der Waals surface area (Å²) in [7, 11) is 1.64. The molecule has 1 rings (SSSR count). The Balaban J connectivity index is 2.40. The highest BCUT2D eigenvalue weighted by atomic mass is 32.1. The van der Waals surface area contributed by atoms with Crippen LogP contribution in [0.2, 0.25) is 0 Å². The zero-order chi connectivity index (χ0) is 10.2. The zero-order valence-electron chi connectivity index (χ0n) is 8.14. The second-order valence-corrected chi connectivity index (χ2v) is 3.01. The number of rotatable bonds is 5. The maximum Gasteiger partial charge on any atom is 0.120 e. The van der Waals surface area contributed by atoms with Gasteiger partial charge in [0.2, 0.25) is 0 Å². The van der Waals surface area contributed by atoms with E-state index in [9.17, 15) is 0 Å². The fraction of sp³-hybridized carbons (Fsp3) is 0.273. The molecule has 76 valence electrons. The normalized spacial score (nSPS) is 10.4. The number of hydrogen-bond donors (Lipinski definition) is 1. The van der Waals surface area contributed by atoms with E-state index in [4.69, 9.17) is 9.47 Å². The smallest absolute Gasteiger partial charge is 0.120 e. The summed E-state index contributed by atoms with van der Waals surface area (Å²) in [6.07, 6.45) is 3.89. The van der Waals surface area contributed by atoms with E-state index in [1.807, 2.05) is 36.4 Å². The van der Waals surface area contributed by atoms with E-state index in [0.717, 1.165) is 17.3 Å². The summed E-state index contributed by atoms with van der Waals surface area (Å²) < 4.78 is 10.5. The van der Waals surface area contributed by atoms with Crippen LogP contribution in [0.15, 0.2) is 36.4 Å². The molecule has 2 nitrogen and oxygen atoms in total. The van der Waals surface area contributed by atoms with Gasteiger partial charge >= 0.3 is 0 Å². The van der Waals surface area contributed by atoms with Crippen molar-refractivity contribution in [3.8, 4) is 11.5 Å². The Morgan fingerprint density at radius 1 is 1.14 bits per heavy atom. The van der Waals surface area contributed by atoms with Crippen LogP contribution >= 0.6 is 12.6 Å². The van der Waals surface area contributed by atoms with Crippen LogP contribution < -0.4 is 9.47 Å². The molecule has 0 fully saturated rings. The van der Waals surface area contributed by atoms with Crippen molar-refractivity contribution in [2.24, 2.45) is 0 Å². The molecule has 0 aromatic heterocycles. The Morgan fingerprint density at radius 2 is 1.79 bits per heavy atom. The standard InChI is InChI=1S/C11H14O2S/c1-12-10-4-6-11(7-5-10)13-8-2-3-9-14/h2-7,14H,8-9H2,1H3. The maximum absolute atomic E-state index is 5.43. The Bertz CT molecular complexity index is 280. The third-order valence-electron chi connectivity index (χ3n) is 1.68. The summed E-state index contributed by atoms with van der Waals surface area (Å²) in [5.74, 6) is 2.42. The lowest BCUT2D eigenvalue weighted by Gasteiger charge is -2.03. The molecule has 0 aliphatic carbocycles. The molecule has 3 heteroatoms. The maximum atomic E-state index is 5.43. The van der Waals surface area contributed by atoms with Crippen molar-refractivity contribution >= 4 is 12.6 Å². The van der Waals surface area contributed by atoms with Crippen molar-refractivity contribution < 1.29 is 9.47 Å². The van der Waals surface area contributed by atoms with Crippen molar-refractivity contribution in [1.82, 2.24) is 0 Å². The Morgan fingerprint density at radius 3 is 2.36 bits per heavy atom. The summed E-state index contributed by atoms with van der Waals surface area (Å²) >= 11 is 4.05. The van der Waals surface area contributed by atoms with Crippen molar-refractivity contribution in [3.05, 3.63) is 36.4 Å². The van der Waals surface area contributed by atoms with Crippen LogP contribution in [0.5, 0.6) is 11.5 Å². The predicted molar refractivity (Wildman–Crippen MR) is 61.5 cm³/mol. The van der Waals surface area contributed by atoms with Crippen molar-refractivity contribution in [1.29, 1.82) is 0 Å². The Labute approximate surface area is 89.9 Å². The van der Waals surface area contributed by atoms with E-state index in [-0.39, 0.29) is 0 Å². The lowest BCUT2D eigenvalue weighted by Crippen LogP contribution is -1.93. The first-order chi connectivity index (χ1) is 6.86. The van der Waals surface area contributed by atoms with Crippen LogP contribution in [0.1, 0.15) is 0 Å². The SMILES string of the molecule is COc1ccc(OCC=CCS)cc1. The molecule has 0 bridgehead atoms. The number of hydrogen-bond acceptors (Lipinski definition) is 3. The van der Waals surface area contributed by atoms with Crippen LogP contribution in [0.4, 0.5) is 0 Å². The summed E-state index contributed by atoms with van der Waals surface area (Å²) in [5.41, 5.74) is 0. The van der Waals surface area contributed by atoms with Crippen LogP contribution in [-0.2, 0) is 0 Å². The average molecular weight is 210 g/mol. The molecule has 0 radical (unpaired) electrons. The van der Waals surface area contributed by atoms with Crippen LogP contribution in [0.3, 0.4) is 0 Å². The molecule has 14 heavy (non-hydrogen) atoms. The molecular weight excluding hydrogens is 196 g/mol. The highest BCUT2D eigenvalue weighted by Crippen LogP contribution is 2.16. The van der Waals surface area contributed by atoms with Crippen molar-refractivity contribution in [2.75, 3.05) is 19.5 Å². The van der Waals surface area contributed by atoms with E-state index in [2.05, 4.69) is 12.6 Å². The third-order valence-corrected chi connectivity index (χ3v) is 1.89. The molecular formula is C11H14O2S.